The van der Waals surface area contributed by atoms with Crippen molar-refractivity contribution in [3.05, 3.63) is 18.7 Å². The van der Waals surface area contributed by atoms with Crippen molar-refractivity contribution >= 4 is 23.7 Å². The van der Waals surface area contributed by atoms with Gasteiger partial charge >= 0.3 is 11.9 Å². The van der Waals surface area contributed by atoms with Gasteiger partial charge in [-0.25, -0.2) is 14.6 Å². The zero-order valence-electron chi connectivity index (χ0n) is 20.0. The number of thioether (sulfide) groups is 1. The average Bonchev–Trinajstić information content (AvgIpc) is 3.28. The van der Waals surface area contributed by atoms with Crippen molar-refractivity contribution in [2.24, 2.45) is 0 Å². The van der Waals surface area contributed by atoms with Crippen LogP contribution in [-0.4, -0.2) is 55.9 Å². The summed E-state index contributed by atoms with van der Waals surface area (Å²) in [4.78, 5) is 22.3. The molecule has 0 amide bonds. The molecule has 32 heavy (non-hydrogen) atoms. The van der Waals surface area contributed by atoms with Gasteiger partial charge < -0.3 is 19.5 Å². The lowest BCUT2D eigenvalue weighted by atomic mass is 10.1. The number of carbonyl (C=O) groups is 2. The number of aliphatic carboxylic acids is 2. The Labute approximate surface area is 198 Å². The third-order valence-electron chi connectivity index (χ3n) is 4.95. The number of aromatic nitrogens is 2. The minimum Gasteiger partial charge on any atom is -0.473 e. The van der Waals surface area contributed by atoms with Gasteiger partial charge in [-0.15, -0.1) is 0 Å². The third-order valence-corrected chi connectivity index (χ3v) is 6.23. The number of rotatable bonds is 19. The number of nitrogens with zero attached hydrogens (tertiary/aromatic N) is 2. The Hall–Kier alpha value is -1.54. The fourth-order valence-corrected chi connectivity index (χ4v) is 4.34. The number of unbranched alkanes of at least 4 members (excludes halogenated alkanes) is 10. The number of imidazole rings is 1. The van der Waals surface area contributed by atoms with Crippen LogP contribution in [0, 0.1) is 0 Å². The molecule has 0 bridgehead atoms. The van der Waals surface area contributed by atoms with Crippen LogP contribution in [0.5, 0.6) is 0 Å². The molecule has 1 atom stereocenters. The largest absolute Gasteiger partial charge is 0.473 e. The van der Waals surface area contributed by atoms with Gasteiger partial charge in [-0.1, -0.05) is 78.1 Å². The Kier molecular flexibility index (Phi) is 21.6. The maximum Gasteiger partial charge on any atom is 0.414 e. The van der Waals surface area contributed by atoms with Crippen LogP contribution in [0.2, 0.25) is 0 Å². The van der Waals surface area contributed by atoms with Crippen molar-refractivity contribution in [3.8, 4) is 0 Å². The molecule has 1 unspecified atom stereocenters. The molecule has 1 aromatic heterocycles. The van der Waals surface area contributed by atoms with Crippen LogP contribution in [0.3, 0.4) is 0 Å². The third kappa shape index (κ3) is 20.4. The number of carboxylic acids is 2. The zero-order valence-corrected chi connectivity index (χ0v) is 20.9. The molecule has 2 N–H and O–H groups in total. The van der Waals surface area contributed by atoms with E-state index >= 15 is 0 Å². The summed E-state index contributed by atoms with van der Waals surface area (Å²) < 4.78 is 8.17. The molecule has 7 nitrogen and oxygen atoms in total. The summed E-state index contributed by atoms with van der Waals surface area (Å²) in [6.45, 7) is 7.33. The van der Waals surface area contributed by atoms with E-state index in [4.69, 9.17) is 24.5 Å². The van der Waals surface area contributed by atoms with Gasteiger partial charge in [0, 0.05) is 30.8 Å². The lowest BCUT2D eigenvalue weighted by Gasteiger charge is -2.17. The summed E-state index contributed by atoms with van der Waals surface area (Å²) in [6.07, 6.45) is 22.2. The number of hydrogen-bond acceptors (Lipinski definition) is 5. The first-order chi connectivity index (χ1) is 15.5. The molecule has 1 rings (SSSR count). The van der Waals surface area contributed by atoms with Gasteiger partial charge in [-0.3, -0.25) is 0 Å². The van der Waals surface area contributed by atoms with Gasteiger partial charge in [0.25, 0.3) is 0 Å². The van der Waals surface area contributed by atoms with Crippen molar-refractivity contribution in [3.63, 3.8) is 0 Å². The second-order valence-corrected chi connectivity index (χ2v) is 9.38. The summed E-state index contributed by atoms with van der Waals surface area (Å²) in [7, 11) is 0. The van der Waals surface area contributed by atoms with Crippen molar-refractivity contribution in [2.45, 2.75) is 103 Å². The van der Waals surface area contributed by atoms with Crippen LogP contribution in [0.15, 0.2) is 18.7 Å². The van der Waals surface area contributed by atoms with Gasteiger partial charge in [0.2, 0.25) is 0 Å². The van der Waals surface area contributed by atoms with Crippen LogP contribution in [-0.2, 0) is 20.9 Å². The molecule has 1 aromatic rings. The Morgan fingerprint density at radius 2 is 1.47 bits per heavy atom. The normalized spacial score (nSPS) is 11.6. The van der Waals surface area contributed by atoms with Crippen LogP contribution in [0.4, 0.5) is 0 Å². The van der Waals surface area contributed by atoms with Gasteiger partial charge in [0.15, 0.2) is 0 Å². The van der Waals surface area contributed by atoms with Crippen molar-refractivity contribution < 1.29 is 24.5 Å². The highest BCUT2D eigenvalue weighted by atomic mass is 32.2. The topological polar surface area (TPSA) is 102 Å². The second kappa shape index (κ2) is 22.6. The summed E-state index contributed by atoms with van der Waals surface area (Å²) in [5.41, 5.74) is 0. The summed E-state index contributed by atoms with van der Waals surface area (Å²) >= 11 is 2.05. The SMILES string of the molecule is CCCCCCCCCCCCOCC(Cn1ccnc1)SCCCC.O=C(O)C(=O)O. The average molecular weight is 473 g/mol. The summed E-state index contributed by atoms with van der Waals surface area (Å²) in [5, 5.41) is 15.3. The monoisotopic (exact) mass is 472 g/mol. The van der Waals surface area contributed by atoms with Gasteiger partial charge in [0.05, 0.1) is 12.9 Å². The van der Waals surface area contributed by atoms with Gasteiger partial charge in [-0.05, 0) is 18.6 Å². The van der Waals surface area contributed by atoms with Crippen LogP contribution in [0.25, 0.3) is 0 Å². The predicted molar refractivity (Wildman–Crippen MR) is 131 cm³/mol. The summed E-state index contributed by atoms with van der Waals surface area (Å²) in [6, 6.07) is 0. The van der Waals surface area contributed by atoms with Crippen LogP contribution in [0.1, 0.15) is 90.9 Å². The van der Waals surface area contributed by atoms with E-state index in [1.54, 1.807) is 0 Å². The van der Waals surface area contributed by atoms with E-state index in [1.165, 1.54) is 82.8 Å². The predicted octanol–water partition coefficient (Wildman–Crippen LogP) is 5.88. The Bertz CT molecular complexity index is 543. The van der Waals surface area contributed by atoms with Gasteiger partial charge in [-0.2, -0.15) is 11.8 Å². The van der Waals surface area contributed by atoms with E-state index in [2.05, 4.69) is 41.4 Å². The minimum absolute atomic E-state index is 0.541. The smallest absolute Gasteiger partial charge is 0.414 e. The molecule has 0 aliphatic carbocycles. The highest BCUT2D eigenvalue weighted by Gasteiger charge is 2.10. The maximum atomic E-state index is 9.10. The molecule has 186 valence electrons. The maximum absolute atomic E-state index is 9.10. The fourth-order valence-electron chi connectivity index (χ4n) is 3.08. The number of carboxylic acid groups (broad SMARTS) is 2. The van der Waals surface area contributed by atoms with Gasteiger partial charge in [0.1, 0.15) is 0 Å². The van der Waals surface area contributed by atoms with Crippen LogP contribution >= 0.6 is 11.8 Å². The van der Waals surface area contributed by atoms with E-state index in [0.717, 1.165) is 19.8 Å². The van der Waals surface area contributed by atoms with Crippen molar-refractivity contribution in [1.82, 2.24) is 9.55 Å². The Balaban J connectivity index is 0.00000140. The standard InChI is InChI=1S/C22H42N2OS.C2H2O4/c1-3-5-7-8-9-10-11-12-13-14-17-25-20-22(26-18-6-4-2)19-24-16-15-23-21-24;3-1(4)2(5)6/h15-16,21-22H,3-14,17-20H2,1-2H3;(H,3,4)(H,5,6). The zero-order chi connectivity index (χ0) is 23.9. The quantitative estimate of drug-likeness (QED) is 0.191. The fraction of sp³-hybridized carbons (Fsp3) is 0.792. The molecular formula is C24H44N2O5S. The molecule has 0 aromatic carbocycles. The van der Waals surface area contributed by atoms with Crippen molar-refractivity contribution in [2.75, 3.05) is 19.0 Å². The minimum atomic E-state index is -1.82. The molecule has 0 aliphatic heterocycles. The molecule has 1 heterocycles. The number of hydrogen-bond donors (Lipinski definition) is 2. The van der Waals surface area contributed by atoms with E-state index in [-0.39, 0.29) is 0 Å². The number of ether oxygens (including phenoxy) is 1. The van der Waals surface area contributed by atoms with E-state index < -0.39 is 11.9 Å². The summed E-state index contributed by atoms with van der Waals surface area (Å²) in [5.74, 6) is -2.41. The molecule has 0 radical (unpaired) electrons. The lowest BCUT2D eigenvalue weighted by molar-refractivity contribution is -0.159. The molecular weight excluding hydrogens is 428 g/mol. The first kappa shape index (κ1) is 30.5. The molecule has 0 saturated heterocycles. The molecule has 8 heteroatoms. The highest BCUT2D eigenvalue weighted by Crippen LogP contribution is 2.16. The van der Waals surface area contributed by atoms with E-state index in [9.17, 15) is 0 Å². The Morgan fingerprint density at radius 1 is 0.906 bits per heavy atom. The molecule has 0 fully saturated rings. The van der Waals surface area contributed by atoms with E-state index in [1.807, 2.05) is 12.5 Å². The second-order valence-electron chi connectivity index (χ2n) is 7.97. The van der Waals surface area contributed by atoms with E-state index in [0.29, 0.717) is 5.25 Å². The highest BCUT2D eigenvalue weighted by molar-refractivity contribution is 7.99. The lowest BCUT2D eigenvalue weighted by Crippen LogP contribution is -2.19. The molecule has 0 spiro atoms. The molecule has 0 saturated carbocycles. The first-order valence-corrected chi connectivity index (χ1v) is 13.2. The van der Waals surface area contributed by atoms with Crippen LogP contribution < -0.4 is 0 Å². The molecule has 0 aliphatic rings. The first-order valence-electron chi connectivity index (χ1n) is 12.1. The Morgan fingerprint density at radius 3 is 1.97 bits per heavy atom. The van der Waals surface area contributed by atoms with Crippen molar-refractivity contribution in [1.29, 1.82) is 0 Å².